The van der Waals surface area contributed by atoms with Crippen LogP contribution >= 0.6 is 23.7 Å². The molecule has 1 saturated carbocycles. The molecular weight excluding hydrogens is 192 g/mol. The van der Waals surface area contributed by atoms with Crippen molar-refractivity contribution in [1.29, 1.82) is 5.26 Å². The number of rotatable bonds is 1. The summed E-state index contributed by atoms with van der Waals surface area (Å²) in [7, 11) is 0. The van der Waals surface area contributed by atoms with Crippen LogP contribution < -0.4 is 5.73 Å². The van der Waals surface area contributed by atoms with Crippen LogP contribution in [0, 0.1) is 11.3 Å². The molecule has 0 unspecified atom stereocenters. The van der Waals surface area contributed by atoms with Gasteiger partial charge in [0, 0.05) is 0 Å². The summed E-state index contributed by atoms with van der Waals surface area (Å²) in [6.45, 7) is 0. The van der Waals surface area contributed by atoms with Gasteiger partial charge in [0.2, 0.25) is 0 Å². The summed E-state index contributed by atoms with van der Waals surface area (Å²) >= 11 is 1.46. The fraction of sp³-hybridized carbons (Fsp3) is 0.375. The van der Waals surface area contributed by atoms with E-state index in [1.165, 1.54) is 29.7 Å². The van der Waals surface area contributed by atoms with Crippen LogP contribution in [0.25, 0.3) is 0 Å². The van der Waals surface area contributed by atoms with Gasteiger partial charge in [-0.05, 0) is 29.7 Å². The zero-order valence-electron chi connectivity index (χ0n) is 6.41. The second-order valence-corrected chi connectivity index (χ2v) is 3.70. The maximum absolute atomic E-state index is 8.61. The molecule has 1 aromatic rings. The quantitative estimate of drug-likeness (QED) is 0.758. The monoisotopic (exact) mass is 200 g/mol. The molecule has 0 saturated heterocycles. The molecule has 1 fully saturated rings. The lowest BCUT2D eigenvalue weighted by atomic mass is 10.2. The van der Waals surface area contributed by atoms with Gasteiger partial charge in [0.1, 0.15) is 10.9 Å². The molecule has 12 heavy (non-hydrogen) atoms. The first kappa shape index (κ1) is 9.37. The Balaban J connectivity index is 0.000000720. The highest BCUT2D eigenvalue weighted by Crippen LogP contribution is 2.45. The van der Waals surface area contributed by atoms with E-state index in [9.17, 15) is 0 Å². The lowest BCUT2D eigenvalue weighted by molar-refractivity contribution is 1.15. The van der Waals surface area contributed by atoms with E-state index in [0.29, 0.717) is 10.8 Å². The third-order valence-corrected chi connectivity index (χ3v) is 2.90. The van der Waals surface area contributed by atoms with Gasteiger partial charge in [-0.2, -0.15) is 5.26 Å². The highest BCUT2D eigenvalue weighted by molar-refractivity contribution is 7.11. The average Bonchev–Trinajstić information content (AvgIpc) is 2.77. The maximum Gasteiger partial charge on any atom is 0.128 e. The van der Waals surface area contributed by atoms with Crippen LogP contribution in [0.1, 0.15) is 29.2 Å². The normalized spacial score (nSPS) is 14.9. The van der Waals surface area contributed by atoms with Crippen molar-refractivity contribution in [2.24, 2.45) is 0 Å². The van der Waals surface area contributed by atoms with Crippen LogP contribution in [-0.2, 0) is 0 Å². The number of halogens is 1. The van der Waals surface area contributed by atoms with Gasteiger partial charge in [0.25, 0.3) is 0 Å². The van der Waals surface area contributed by atoms with Crippen LogP contribution in [-0.4, -0.2) is 0 Å². The van der Waals surface area contributed by atoms with Crippen LogP contribution in [0.2, 0.25) is 0 Å². The lowest BCUT2D eigenvalue weighted by Gasteiger charge is -1.92. The first-order chi connectivity index (χ1) is 5.33. The van der Waals surface area contributed by atoms with Crippen molar-refractivity contribution in [2.75, 3.05) is 5.73 Å². The molecule has 2 nitrogen and oxygen atoms in total. The molecule has 0 amide bonds. The number of nitrogen functional groups attached to an aromatic ring is 1. The number of anilines is 1. The van der Waals surface area contributed by atoms with Gasteiger partial charge in [0.05, 0.1) is 5.69 Å². The highest BCUT2D eigenvalue weighted by Gasteiger charge is 2.27. The Bertz CT molecular complexity index is 322. The summed E-state index contributed by atoms with van der Waals surface area (Å²) < 4.78 is 0. The van der Waals surface area contributed by atoms with Crippen molar-refractivity contribution in [1.82, 2.24) is 0 Å². The minimum absolute atomic E-state index is 0. The van der Waals surface area contributed by atoms with Crippen LogP contribution in [0.5, 0.6) is 0 Å². The first-order valence-electron chi connectivity index (χ1n) is 3.60. The molecule has 4 heteroatoms. The van der Waals surface area contributed by atoms with Gasteiger partial charge in [-0.15, -0.1) is 23.7 Å². The third kappa shape index (κ3) is 1.40. The number of nitrogens with two attached hydrogens (primary N) is 1. The SMILES string of the molecule is Cl.N#Cc1scc(C2CC2)c1N. The summed E-state index contributed by atoms with van der Waals surface area (Å²) in [6.07, 6.45) is 2.48. The van der Waals surface area contributed by atoms with E-state index < -0.39 is 0 Å². The van der Waals surface area contributed by atoms with Crippen molar-refractivity contribution in [3.63, 3.8) is 0 Å². The smallest absolute Gasteiger partial charge is 0.128 e. The molecule has 1 aliphatic carbocycles. The molecule has 2 N–H and O–H groups in total. The minimum atomic E-state index is 0. The maximum atomic E-state index is 8.61. The average molecular weight is 201 g/mol. The van der Waals surface area contributed by atoms with Crippen molar-refractivity contribution < 1.29 is 0 Å². The second kappa shape index (κ2) is 3.34. The molecule has 0 spiro atoms. The van der Waals surface area contributed by atoms with Gasteiger partial charge < -0.3 is 5.73 Å². The number of nitriles is 1. The molecule has 1 heterocycles. The fourth-order valence-corrected chi connectivity index (χ4v) is 2.04. The van der Waals surface area contributed by atoms with Crippen molar-refractivity contribution in [3.05, 3.63) is 15.8 Å². The molecule has 1 aromatic heterocycles. The first-order valence-corrected chi connectivity index (χ1v) is 4.48. The van der Waals surface area contributed by atoms with Crippen molar-refractivity contribution in [3.8, 4) is 6.07 Å². The Morgan fingerprint density at radius 2 is 2.25 bits per heavy atom. The fourth-order valence-electron chi connectivity index (χ4n) is 1.18. The third-order valence-electron chi connectivity index (χ3n) is 1.98. The Morgan fingerprint density at radius 1 is 1.58 bits per heavy atom. The highest BCUT2D eigenvalue weighted by atomic mass is 35.5. The second-order valence-electron chi connectivity index (χ2n) is 2.82. The summed E-state index contributed by atoms with van der Waals surface area (Å²) in [5.74, 6) is 0.661. The van der Waals surface area contributed by atoms with Crippen LogP contribution in [0.4, 0.5) is 5.69 Å². The van der Waals surface area contributed by atoms with E-state index in [4.69, 9.17) is 11.0 Å². The molecule has 0 aliphatic heterocycles. The molecule has 0 atom stereocenters. The zero-order chi connectivity index (χ0) is 7.84. The summed E-state index contributed by atoms with van der Waals surface area (Å²) in [5, 5.41) is 10.6. The predicted octanol–water partition coefficient (Wildman–Crippen LogP) is 2.50. The Morgan fingerprint density at radius 3 is 2.67 bits per heavy atom. The topological polar surface area (TPSA) is 49.8 Å². The van der Waals surface area contributed by atoms with Gasteiger partial charge in [0.15, 0.2) is 0 Å². The van der Waals surface area contributed by atoms with Crippen LogP contribution in [0.15, 0.2) is 5.38 Å². The lowest BCUT2D eigenvalue weighted by Crippen LogP contribution is -1.89. The van der Waals surface area contributed by atoms with Gasteiger partial charge in [-0.25, -0.2) is 0 Å². The Hall–Kier alpha value is -0.720. The molecule has 0 radical (unpaired) electrons. The van der Waals surface area contributed by atoms with Crippen molar-refractivity contribution in [2.45, 2.75) is 18.8 Å². The zero-order valence-corrected chi connectivity index (χ0v) is 8.04. The van der Waals surface area contributed by atoms with Gasteiger partial charge in [-0.1, -0.05) is 0 Å². The van der Waals surface area contributed by atoms with E-state index in [1.54, 1.807) is 0 Å². The Kier molecular flexibility index (Phi) is 2.61. The number of thiophene rings is 1. The van der Waals surface area contributed by atoms with E-state index in [1.807, 2.05) is 5.38 Å². The minimum Gasteiger partial charge on any atom is -0.397 e. The molecule has 0 aromatic carbocycles. The number of hydrogen-bond donors (Lipinski definition) is 1. The van der Waals surface area contributed by atoms with E-state index in [2.05, 4.69) is 6.07 Å². The van der Waals surface area contributed by atoms with Gasteiger partial charge >= 0.3 is 0 Å². The molecule has 2 rings (SSSR count). The summed E-state index contributed by atoms with van der Waals surface area (Å²) in [5.41, 5.74) is 7.67. The standard InChI is InChI=1S/C8H8N2S.ClH/c9-3-7-8(10)6(4-11-7)5-1-2-5;/h4-5H,1-2,10H2;1H. The number of nitrogens with zero attached hydrogens (tertiary/aromatic N) is 1. The molecular formula is C8H9ClN2S. The molecule has 64 valence electrons. The van der Waals surface area contributed by atoms with Crippen LogP contribution in [0.3, 0.4) is 0 Å². The number of hydrogen-bond acceptors (Lipinski definition) is 3. The summed E-state index contributed by atoms with van der Waals surface area (Å²) in [6, 6.07) is 2.09. The van der Waals surface area contributed by atoms with E-state index in [0.717, 1.165) is 5.69 Å². The van der Waals surface area contributed by atoms with E-state index >= 15 is 0 Å². The van der Waals surface area contributed by atoms with Crippen molar-refractivity contribution >= 4 is 29.4 Å². The Labute approximate surface area is 81.4 Å². The largest absolute Gasteiger partial charge is 0.397 e. The molecule has 0 bridgehead atoms. The molecule has 1 aliphatic rings. The van der Waals surface area contributed by atoms with Gasteiger partial charge in [-0.3, -0.25) is 0 Å². The predicted molar refractivity (Wildman–Crippen MR) is 52.7 cm³/mol. The van der Waals surface area contributed by atoms with E-state index in [-0.39, 0.29) is 12.4 Å². The summed E-state index contributed by atoms with van der Waals surface area (Å²) in [4.78, 5) is 0.673.